The van der Waals surface area contributed by atoms with Crippen LogP contribution in [0, 0.1) is 6.92 Å². The zero-order chi connectivity index (χ0) is 13.1. The fourth-order valence-corrected chi connectivity index (χ4v) is 1.96. The van der Waals surface area contributed by atoms with Crippen molar-refractivity contribution >= 4 is 21.7 Å². The second kappa shape index (κ2) is 5.31. The Hall–Kier alpha value is -1.68. The molecule has 0 amide bonds. The molecule has 0 N–H and O–H groups in total. The second-order valence-corrected chi connectivity index (χ2v) is 4.94. The molecule has 1 aromatic carbocycles. The topological polar surface area (TPSA) is 39.1 Å². The SMILES string of the molecule is Cc1cccc(=O)n1CC(=O)c1ccc(Br)cc1. The van der Waals surface area contributed by atoms with Gasteiger partial charge in [0.15, 0.2) is 5.78 Å². The van der Waals surface area contributed by atoms with Gasteiger partial charge in [0.05, 0.1) is 6.54 Å². The molecule has 4 heteroatoms. The summed E-state index contributed by atoms with van der Waals surface area (Å²) in [6.07, 6.45) is 0. The van der Waals surface area contributed by atoms with Gasteiger partial charge in [0.25, 0.3) is 5.56 Å². The van der Waals surface area contributed by atoms with Gasteiger partial charge in [-0.3, -0.25) is 9.59 Å². The first-order valence-electron chi connectivity index (χ1n) is 5.53. The summed E-state index contributed by atoms with van der Waals surface area (Å²) in [5, 5.41) is 0. The quantitative estimate of drug-likeness (QED) is 0.818. The van der Waals surface area contributed by atoms with Crippen LogP contribution in [-0.4, -0.2) is 10.4 Å². The maximum absolute atomic E-state index is 12.1. The van der Waals surface area contributed by atoms with Crippen LogP contribution in [0.2, 0.25) is 0 Å². The first-order chi connectivity index (χ1) is 8.58. The van der Waals surface area contributed by atoms with Gasteiger partial charge in [-0.25, -0.2) is 0 Å². The zero-order valence-corrected chi connectivity index (χ0v) is 11.5. The van der Waals surface area contributed by atoms with Crippen LogP contribution in [0.5, 0.6) is 0 Å². The summed E-state index contributed by atoms with van der Waals surface area (Å²) < 4.78 is 2.40. The lowest BCUT2D eigenvalue weighted by Crippen LogP contribution is -2.25. The Morgan fingerprint density at radius 1 is 1.17 bits per heavy atom. The summed E-state index contributed by atoms with van der Waals surface area (Å²) >= 11 is 3.32. The molecular weight excluding hydrogens is 294 g/mol. The van der Waals surface area contributed by atoms with Crippen molar-refractivity contribution in [3.8, 4) is 0 Å². The molecule has 1 aromatic heterocycles. The van der Waals surface area contributed by atoms with Crippen molar-refractivity contribution in [3.63, 3.8) is 0 Å². The van der Waals surface area contributed by atoms with Gasteiger partial charge in [0, 0.05) is 21.8 Å². The molecule has 0 unspecified atom stereocenters. The fourth-order valence-electron chi connectivity index (χ4n) is 1.70. The van der Waals surface area contributed by atoms with E-state index in [4.69, 9.17) is 0 Å². The molecule has 0 aliphatic carbocycles. The molecule has 0 fully saturated rings. The van der Waals surface area contributed by atoms with Gasteiger partial charge < -0.3 is 4.57 Å². The molecule has 1 heterocycles. The highest BCUT2D eigenvalue weighted by atomic mass is 79.9. The monoisotopic (exact) mass is 305 g/mol. The Kier molecular flexibility index (Phi) is 3.77. The number of hydrogen-bond donors (Lipinski definition) is 0. The van der Waals surface area contributed by atoms with E-state index in [9.17, 15) is 9.59 Å². The van der Waals surface area contributed by atoms with Crippen molar-refractivity contribution in [3.05, 3.63) is 68.5 Å². The van der Waals surface area contributed by atoms with Crippen LogP contribution < -0.4 is 5.56 Å². The number of aryl methyl sites for hydroxylation is 1. The normalized spacial score (nSPS) is 10.3. The van der Waals surface area contributed by atoms with Crippen molar-refractivity contribution in [2.45, 2.75) is 13.5 Å². The number of aromatic nitrogens is 1. The van der Waals surface area contributed by atoms with Gasteiger partial charge >= 0.3 is 0 Å². The van der Waals surface area contributed by atoms with E-state index in [-0.39, 0.29) is 17.9 Å². The van der Waals surface area contributed by atoms with Gasteiger partial charge in [0.1, 0.15) is 0 Å². The Balaban J connectivity index is 2.27. The van der Waals surface area contributed by atoms with Crippen LogP contribution in [0.4, 0.5) is 0 Å². The molecule has 0 radical (unpaired) electrons. The van der Waals surface area contributed by atoms with E-state index in [2.05, 4.69) is 15.9 Å². The van der Waals surface area contributed by atoms with Crippen molar-refractivity contribution in [1.29, 1.82) is 0 Å². The van der Waals surface area contributed by atoms with E-state index in [1.807, 2.05) is 25.1 Å². The molecule has 18 heavy (non-hydrogen) atoms. The first kappa shape index (κ1) is 12.8. The molecule has 3 nitrogen and oxygen atoms in total. The minimum absolute atomic E-state index is 0.0705. The first-order valence-corrected chi connectivity index (χ1v) is 6.32. The van der Waals surface area contributed by atoms with E-state index >= 15 is 0 Å². The summed E-state index contributed by atoms with van der Waals surface area (Å²) in [5.74, 6) is -0.0705. The highest BCUT2D eigenvalue weighted by Gasteiger charge is 2.08. The summed E-state index contributed by atoms with van der Waals surface area (Å²) in [6.45, 7) is 1.89. The van der Waals surface area contributed by atoms with E-state index in [0.717, 1.165) is 10.2 Å². The zero-order valence-electron chi connectivity index (χ0n) is 9.89. The lowest BCUT2D eigenvalue weighted by molar-refractivity contribution is 0.0970. The fraction of sp³-hybridized carbons (Fsp3) is 0.143. The van der Waals surface area contributed by atoms with Crippen molar-refractivity contribution in [1.82, 2.24) is 4.57 Å². The second-order valence-electron chi connectivity index (χ2n) is 4.02. The number of carbonyl (C=O) groups is 1. The minimum Gasteiger partial charge on any atom is -0.305 e. The van der Waals surface area contributed by atoms with Gasteiger partial charge in [-0.2, -0.15) is 0 Å². The Morgan fingerprint density at radius 2 is 1.83 bits per heavy atom. The van der Waals surface area contributed by atoms with E-state index in [1.165, 1.54) is 10.6 Å². The molecule has 0 aliphatic rings. The Bertz CT molecular complexity index is 629. The lowest BCUT2D eigenvalue weighted by atomic mass is 10.1. The van der Waals surface area contributed by atoms with Crippen LogP contribution >= 0.6 is 15.9 Å². The van der Waals surface area contributed by atoms with Crippen LogP contribution in [-0.2, 0) is 6.54 Å². The third kappa shape index (κ3) is 2.76. The molecule has 0 bridgehead atoms. The number of halogens is 1. The van der Waals surface area contributed by atoms with Gasteiger partial charge in [0.2, 0.25) is 0 Å². The summed E-state index contributed by atoms with van der Waals surface area (Å²) in [6, 6.07) is 12.1. The number of rotatable bonds is 3. The minimum atomic E-state index is -0.152. The van der Waals surface area contributed by atoms with E-state index in [0.29, 0.717) is 5.56 Å². The number of carbonyl (C=O) groups excluding carboxylic acids is 1. The Labute approximate surface area is 113 Å². The average molecular weight is 306 g/mol. The highest BCUT2D eigenvalue weighted by molar-refractivity contribution is 9.10. The van der Waals surface area contributed by atoms with Gasteiger partial charge in [-0.05, 0) is 25.1 Å². The number of nitrogens with zero attached hydrogens (tertiary/aromatic N) is 1. The average Bonchev–Trinajstić information content (AvgIpc) is 2.34. The lowest BCUT2D eigenvalue weighted by Gasteiger charge is -2.08. The number of ketones is 1. The van der Waals surface area contributed by atoms with E-state index in [1.54, 1.807) is 18.2 Å². The van der Waals surface area contributed by atoms with Crippen LogP contribution in [0.15, 0.2) is 51.7 Å². The summed E-state index contributed by atoms with van der Waals surface area (Å²) in [7, 11) is 0. The Morgan fingerprint density at radius 3 is 2.44 bits per heavy atom. The third-order valence-electron chi connectivity index (χ3n) is 2.74. The number of hydrogen-bond acceptors (Lipinski definition) is 2. The maximum Gasteiger partial charge on any atom is 0.251 e. The predicted molar refractivity (Wildman–Crippen MR) is 73.9 cm³/mol. The standard InChI is InChI=1S/C14H12BrNO2/c1-10-3-2-4-14(18)16(10)9-13(17)11-5-7-12(15)8-6-11/h2-8H,9H2,1H3. The number of Topliss-reactive ketones (excluding diaryl/α,β-unsaturated/α-hetero) is 1. The predicted octanol–water partition coefficient (Wildman–Crippen LogP) is 2.80. The van der Waals surface area contributed by atoms with Crippen molar-refractivity contribution in [2.75, 3.05) is 0 Å². The molecule has 0 aliphatic heterocycles. The number of pyridine rings is 1. The van der Waals surface area contributed by atoms with Crippen LogP contribution in [0.1, 0.15) is 16.1 Å². The largest absolute Gasteiger partial charge is 0.305 e. The molecule has 0 atom stereocenters. The summed E-state index contributed by atoms with van der Waals surface area (Å²) in [5.41, 5.74) is 1.24. The molecule has 0 saturated heterocycles. The maximum atomic E-state index is 12.1. The summed E-state index contributed by atoms with van der Waals surface area (Å²) in [4.78, 5) is 23.7. The molecule has 0 spiro atoms. The molecule has 2 rings (SSSR count). The smallest absolute Gasteiger partial charge is 0.251 e. The van der Waals surface area contributed by atoms with Crippen LogP contribution in [0.3, 0.4) is 0 Å². The molecular formula is C14H12BrNO2. The van der Waals surface area contributed by atoms with Gasteiger partial charge in [-0.15, -0.1) is 0 Å². The molecule has 2 aromatic rings. The molecule has 92 valence electrons. The third-order valence-corrected chi connectivity index (χ3v) is 3.26. The van der Waals surface area contributed by atoms with Crippen LogP contribution in [0.25, 0.3) is 0 Å². The van der Waals surface area contributed by atoms with Gasteiger partial charge in [-0.1, -0.05) is 34.1 Å². The highest BCUT2D eigenvalue weighted by Crippen LogP contribution is 2.11. The van der Waals surface area contributed by atoms with E-state index < -0.39 is 0 Å². The van der Waals surface area contributed by atoms with Crippen molar-refractivity contribution < 1.29 is 4.79 Å². The number of benzene rings is 1. The van der Waals surface area contributed by atoms with Crippen molar-refractivity contribution in [2.24, 2.45) is 0 Å². The molecule has 0 saturated carbocycles.